The minimum Gasteiger partial charge on any atom is -0.280 e. The predicted octanol–water partition coefficient (Wildman–Crippen LogP) is 5.53. The summed E-state index contributed by atoms with van der Waals surface area (Å²) in [5.41, 5.74) is 1.77. The molecular weight excluding hydrogens is 314 g/mol. The van der Waals surface area contributed by atoms with Gasteiger partial charge in [-0.3, -0.25) is 9.69 Å². The van der Waals surface area contributed by atoms with Crippen molar-refractivity contribution in [3.63, 3.8) is 0 Å². The van der Waals surface area contributed by atoms with Gasteiger partial charge in [0.2, 0.25) is 5.91 Å². The maximum atomic E-state index is 13.2. The summed E-state index contributed by atoms with van der Waals surface area (Å²) in [6.45, 7) is 1.96. The normalized spacial score (nSPS) is 11.7. The minimum absolute atomic E-state index is 0.0706. The lowest BCUT2D eigenvalue weighted by Gasteiger charge is -2.26. The average molecular weight is 333 g/mol. The van der Waals surface area contributed by atoms with E-state index in [9.17, 15) is 4.79 Å². The largest absolute Gasteiger partial charge is 0.280 e. The zero-order valence-electron chi connectivity index (χ0n) is 13.5. The van der Waals surface area contributed by atoms with Crippen molar-refractivity contribution in [1.29, 1.82) is 0 Å². The number of benzene rings is 3. The van der Waals surface area contributed by atoms with E-state index in [-0.39, 0.29) is 11.2 Å². The number of hydrogen-bond donors (Lipinski definition) is 0. The SMILES string of the molecule is CC(Sc1ccccc1)C(=O)N(c1ccccc1)c1ccccc1. The number of anilines is 2. The van der Waals surface area contributed by atoms with Crippen molar-refractivity contribution in [1.82, 2.24) is 0 Å². The van der Waals surface area contributed by atoms with Gasteiger partial charge in [0.15, 0.2) is 0 Å². The fourth-order valence-electron chi connectivity index (χ4n) is 2.49. The molecule has 0 radical (unpaired) electrons. The molecule has 0 bridgehead atoms. The Morgan fingerprint density at radius 1 is 0.750 bits per heavy atom. The second-order valence-electron chi connectivity index (χ2n) is 5.42. The molecule has 0 aliphatic rings. The van der Waals surface area contributed by atoms with Gasteiger partial charge in [-0.15, -0.1) is 11.8 Å². The molecule has 24 heavy (non-hydrogen) atoms. The molecule has 3 rings (SSSR count). The van der Waals surface area contributed by atoms with Gasteiger partial charge in [0, 0.05) is 16.3 Å². The van der Waals surface area contributed by atoms with Gasteiger partial charge in [-0.1, -0.05) is 54.6 Å². The number of nitrogens with zero attached hydrogens (tertiary/aromatic N) is 1. The third kappa shape index (κ3) is 3.87. The zero-order chi connectivity index (χ0) is 16.8. The Bertz CT molecular complexity index is 735. The smallest absolute Gasteiger partial charge is 0.244 e. The molecule has 3 heteroatoms. The number of hydrogen-bond acceptors (Lipinski definition) is 2. The van der Waals surface area contributed by atoms with E-state index in [1.807, 2.05) is 97.9 Å². The van der Waals surface area contributed by atoms with E-state index in [4.69, 9.17) is 0 Å². The maximum Gasteiger partial charge on any atom is 0.244 e. The first-order valence-electron chi connectivity index (χ1n) is 7.91. The molecule has 0 heterocycles. The van der Waals surface area contributed by atoms with E-state index in [0.717, 1.165) is 16.3 Å². The molecule has 1 atom stereocenters. The second kappa shape index (κ2) is 7.84. The van der Waals surface area contributed by atoms with Gasteiger partial charge in [0.1, 0.15) is 0 Å². The van der Waals surface area contributed by atoms with Gasteiger partial charge in [-0.25, -0.2) is 0 Å². The molecule has 0 N–H and O–H groups in total. The van der Waals surface area contributed by atoms with E-state index in [2.05, 4.69) is 0 Å². The summed E-state index contributed by atoms with van der Waals surface area (Å²) in [4.78, 5) is 16.0. The van der Waals surface area contributed by atoms with E-state index in [1.54, 1.807) is 16.7 Å². The molecule has 0 aromatic heterocycles. The van der Waals surface area contributed by atoms with Crippen LogP contribution in [0.2, 0.25) is 0 Å². The lowest BCUT2D eigenvalue weighted by atomic mass is 10.2. The molecular formula is C21H19NOS. The molecule has 1 unspecified atom stereocenters. The van der Waals surface area contributed by atoms with Crippen LogP contribution in [0.4, 0.5) is 11.4 Å². The van der Waals surface area contributed by atoms with Crippen LogP contribution in [0.3, 0.4) is 0 Å². The first-order valence-corrected chi connectivity index (χ1v) is 8.79. The average Bonchev–Trinajstić information content (AvgIpc) is 2.64. The third-order valence-electron chi connectivity index (χ3n) is 3.65. The van der Waals surface area contributed by atoms with E-state index >= 15 is 0 Å². The van der Waals surface area contributed by atoms with E-state index in [0.29, 0.717) is 0 Å². The fourth-order valence-corrected chi connectivity index (χ4v) is 3.42. The highest BCUT2D eigenvalue weighted by atomic mass is 32.2. The van der Waals surface area contributed by atoms with E-state index in [1.165, 1.54) is 0 Å². The van der Waals surface area contributed by atoms with Gasteiger partial charge >= 0.3 is 0 Å². The van der Waals surface area contributed by atoms with Crippen LogP contribution in [0.5, 0.6) is 0 Å². The molecule has 0 saturated carbocycles. The highest BCUT2D eigenvalue weighted by Crippen LogP contribution is 2.30. The van der Waals surface area contributed by atoms with Crippen molar-refractivity contribution >= 4 is 29.0 Å². The summed E-state index contributed by atoms with van der Waals surface area (Å²) in [6, 6.07) is 29.6. The zero-order valence-corrected chi connectivity index (χ0v) is 14.3. The van der Waals surface area contributed by atoms with Crippen LogP contribution < -0.4 is 4.90 Å². The number of rotatable bonds is 5. The van der Waals surface area contributed by atoms with Crippen molar-refractivity contribution in [2.45, 2.75) is 17.1 Å². The number of carbonyl (C=O) groups is 1. The molecule has 120 valence electrons. The Hall–Kier alpha value is -2.52. The second-order valence-corrected chi connectivity index (χ2v) is 6.83. The maximum absolute atomic E-state index is 13.2. The third-order valence-corrected chi connectivity index (χ3v) is 4.75. The number of thioether (sulfide) groups is 1. The first-order chi connectivity index (χ1) is 11.8. The van der Waals surface area contributed by atoms with Crippen molar-refractivity contribution in [3.05, 3.63) is 91.0 Å². The summed E-state index contributed by atoms with van der Waals surface area (Å²) in [5.74, 6) is 0.0706. The highest BCUT2D eigenvalue weighted by Gasteiger charge is 2.24. The summed E-state index contributed by atoms with van der Waals surface area (Å²) in [5, 5.41) is -0.187. The highest BCUT2D eigenvalue weighted by molar-refractivity contribution is 8.00. The first kappa shape index (κ1) is 16.3. The van der Waals surface area contributed by atoms with Crippen LogP contribution in [0, 0.1) is 0 Å². The Balaban J connectivity index is 1.89. The molecule has 0 fully saturated rings. The van der Waals surface area contributed by atoms with Crippen LogP contribution in [0.25, 0.3) is 0 Å². The molecule has 1 amide bonds. The molecule has 3 aromatic carbocycles. The molecule has 3 aromatic rings. The van der Waals surface area contributed by atoms with E-state index < -0.39 is 0 Å². The Labute approximate surface area is 147 Å². The number of carbonyl (C=O) groups excluding carboxylic acids is 1. The number of para-hydroxylation sites is 2. The van der Waals surface area contributed by atoms with Crippen molar-refractivity contribution in [3.8, 4) is 0 Å². The minimum atomic E-state index is -0.187. The summed E-state index contributed by atoms with van der Waals surface area (Å²) in [6.07, 6.45) is 0. The van der Waals surface area contributed by atoms with Crippen molar-refractivity contribution in [2.24, 2.45) is 0 Å². The van der Waals surface area contributed by atoms with Gasteiger partial charge in [-0.05, 0) is 43.3 Å². The fraction of sp³-hybridized carbons (Fsp3) is 0.0952. The predicted molar refractivity (Wildman–Crippen MR) is 102 cm³/mol. The van der Waals surface area contributed by atoms with Gasteiger partial charge in [0.05, 0.1) is 5.25 Å². The monoisotopic (exact) mass is 333 g/mol. The molecule has 0 saturated heterocycles. The molecule has 2 nitrogen and oxygen atoms in total. The topological polar surface area (TPSA) is 20.3 Å². The quantitative estimate of drug-likeness (QED) is 0.572. The van der Waals surface area contributed by atoms with Crippen LogP contribution in [-0.4, -0.2) is 11.2 Å². The molecule has 0 aliphatic heterocycles. The van der Waals surface area contributed by atoms with Crippen LogP contribution in [0.15, 0.2) is 95.9 Å². The van der Waals surface area contributed by atoms with Crippen LogP contribution in [0.1, 0.15) is 6.92 Å². The lowest BCUT2D eigenvalue weighted by Crippen LogP contribution is -2.32. The van der Waals surface area contributed by atoms with Gasteiger partial charge in [-0.2, -0.15) is 0 Å². The Morgan fingerprint density at radius 3 is 1.62 bits per heavy atom. The lowest BCUT2D eigenvalue weighted by molar-refractivity contribution is -0.117. The van der Waals surface area contributed by atoms with Gasteiger partial charge < -0.3 is 0 Å². The van der Waals surface area contributed by atoms with Crippen LogP contribution in [-0.2, 0) is 4.79 Å². The molecule has 0 aliphatic carbocycles. The summed E-state index contributed by atoms with van der Waals surface area (Å²) < 4.78 is 0. The molecule has 0 spiro atoms. The Kier molecular flexibility index (Phi) is 5.34. The van der Waals surface area contributed by atoms with Crippen molar-refractivity contribution < 1.29 is 4.79 Å². The summed E-state index contributed by atoms with van der Waals surface area (Å²) in [7, 11) is 0. The van der Waals surface area contributed by atoms with Gasteiger partial charge in [0.25, 0.3) is 0 Å². The standard InChI is InChI=1S/C21H19NOS/c1-17(24-20-15-9-4-10-16-20)21(23)22(18-11-5-2-6-12-18)19-13-7-3-8-14-19/h2-17H,1H3. The van der Waals surface area contributed by atoms with Crippen LogP contribution >= 0.6 is 11.8 Å². The number of amides is 1. The Morgan fingerprint density at radius 2 is 1.17 bits per heavy atom. The summed E-state index contributed by atoms with van der Waals surface area (Å²) >= 11 is 1.58. The van der Waals surface area contributed by atoms with Crippen molar-refractivity contribution in [2.75, 3.05) is 4.90 Å².